The summed E-state index contributed by atoms with van der Waals surface area (Å²) in [4.78, 5) is 0. The maximum absolute atomic E-state index is 13.3. The standard InChI is InChI=1S/C12H12F4O/c13-10-6-7(8-2-1-3-11(8)17)4-5-9(10)12(14,15)16/h4-6,8,11,17H,1-3H2. The van der Waals surface area contributed by atoms with Crippen molar-refractivity contribution in [3.05, 3.63) is 35.1 Å². The number of alkyl halides is 3. The predicted octanol–water partition coefficient (Wildman–Crippen LogP) is 3.47. The smallest absolute Gasteiger partial charge is 0.392 e. The topological polar surface area (TPSA) is 20.2 Å². The third-order valence-electron chi connectivity index (χ3n) is 3.21. The summed E-state index contributed by atoms with van der Waals surface area (Å²) in [7, 11) is 0. The maximum atomic E-state index is 13.3. The van der Waals surface area contributed by atoms with Gasteiger partial charge in [0.15, 0.2) is 0 Å². The average Bonchev–Trinajstić information content (AvgIpc) is 2.62. The summed E-state index contributed by atoms with van der Waals surface area (Å²) in [6.07, 6.45) is -3.13. The molecule has 0 amide bonds. The molecule has 1 saturated carbocycles. The molecule has 1 aliphatic rings. The molecule has 0 saturated heterocycles. The molecule has 0 heterocycles. The van der Waals surface area contributed by atoms with E-state index >= 15 is 0 Å². The van der Waals surface area contributed by atoms with Crippen LogP contribution in [0.2, 0.25) is 0 Å². The molecule has 94 valence electrons. The Morgan fingerprint density at radius 1 is 1.18 bits per heavy atom. The van der Waals surface area contributed by atoms with Crippen LogP contribution >= 0.6 is 0 Å². The van der Waals surface area contributed by atoms with Gasteiger partial charge in [0.2, 0.25) is 0 Å². The molecule has 0 spiro atoms. The van der Waals surface area contributed by atoms with Crippen molar-refractivity contribution < 1.29 is 22.7 Å². The van der Waals surface area contributed by atoms with Crippen molar-refractivity contribution in [3.63, 3.8) is 0 Å². The summed E-state index contributed by atoms with van der Waals surface area (Å²) in [6.45, 7) is 0. The van der Waals surface area contributed by atoms with Crippen molar-refractivity contribution >= 4 is 0 Å². The highest BCUT2D eigenvalue weighted by Crippen LogP contribution is 2.37. The Hall–Kier alpha value is -1.10. The lowest BCUT2D eigenvalue weighted by Crippen LogP contribution is -2.13. The van der Waals surface area contributed by atoms with E-state index in [0.29, 0.717) is 18.4 Å². The number of aliphatic hydroxyl groups excluding tert-OH is 1. The fourth-order valence-electron chi connectivity index (χ4n) is 2.32. The van der Waals surface area contributed by atoms with E-state index in [1.54, 1.807) is 0 Å². The van der Waals surface area contributed by atoms with Gasteiger partial charge in [-0.25, -0.2) is 4.39 Å². The van der Waals surface area contributed by atoms with Crippen LogP contribution in [-0.2, 0) is 6.18 Å². The Bertz CT molecular complexity index is 413. The summed E-state index contributed by atoms with van der Waals surface area (Å²) in [5.74, 6) is -1.51. The van der Waals surface area contributed by atoms with E-state index in [-0.39, 0.29) is 5.92 Å². The average molecular weight is 248 g/mol. The molecule has 17 heavy (non-hydrogen) atoms. The van der Waals surface area contributed by atoms with E-state index in [2.05, 4.69) is 0 Å². The molecule has 2 unspecified atom stereocenters. The number of hydrogen-bond acceptors (Lipinski definition) is 1. The highest BCUT2D eigenvalue weighted by molar-refractivity contribution is 5.30. The molecule has 2 rings (SSSR count). The van der Waals surface area contributed by atoms with Crippen molar-refractivity contribution in [1.82, 2.24) is 0 Å². The number of hydrogen-bond donors (Lipinski definition) is 1. The van der Waals surface area contributed by atoms with E-state index in [4.69, 9.17) is 0 Å². The summed E-state index contributed by atoms with van der Waals surface area (Å²) in [6, 6.07) is 2.89. The summed E-state index contributed by atoms with van der Waals surface area (Å²) in [5, 5.41) is 9.62. The van der Waals surface area contributed by atoms with Crippen LogP contribution in [0, 0.1) is 5.82 Å². The van der Waals surface area contributed by atoms with Gasteiger partial charge in [-0.3, -0.25) is 0 Å². The fraction of sp³-hybridized carbons (Fsp3) is 0.500. The van der Waals surface area contributed by atoms with Crippen LogP contribution in [-0.4, -0.2) is 11.2 Å². The molecule has 0 aliphatic heterocycles. The first-order chi connectivity index (χ1) is 7.89. The Morgan fingerprint density at radius 2 is 1.88 bits per heavy atom. The van der Waals surface area contributed by atoms with Crippen LogP contribution in [0.5, 0.6) is 0 Å². The second kappa shape index (κ2) is 4.29. The van der Waals surface area contributed by atoms with Gasteiger partial charge in [-0.1, -0.05) is 12.5 Å². The van der Waals surface area contributed by atoms with Gasteiger partial charge in [0.25, 0.3) is 0 Å². The summed E-state index contributed by atoms with van der Waals surface area (Å²) < 4.78 is 50.4. The van der Waals surface area contributed by atoms with Gasteiger partial charge in [0, 0.05) is 5.92 Å². The van der Waals surface area contributed by atoms with Crippen LogP contribution in [0.4, 0.5) is 17.6 Å². The first-order valence-electron chi connectivity index (χ1n) is 5.44. The molecule has 0 bridgehead atoms. The Labute approximate surface area is 96.1 Å². The van der Waals surface area contributed by atoms with Gasteiger partial charge < -0.3 is 5.11 Å². The van der Waals surface area contributed by atoms with Crippen molar-refractivity contribution in [1.29, 1.82) is 0 Å². The highest BCUT2D eigenvalue weighted by atomic mass is 19.4. The molecule has 1 aromatic carbocycles. The Kier molecular flexibility index (Phi) is 3.12. The van der Waals surface area contributed by atoms with Crippen LogP contribution in [0.25, 0.3) is 0 Å². The van der Waals surface area contributed by atoms with Gasteiger partial charge in [0.1, 0.15) is 5.82 Å². The van der Waals surface area contributed by atoms with E-state index in [1.165, 1.54) is 6.07 Å². The molecule has 1 aromatic rings. The SMILES string of the molecule is OC1CCCC1c1ccc(C(F)(F)F)c(F)c1. The molecular formula is C12H12F4O. The van der Waals surface area contributed by atoms with E-state index in [1.807, 2.05) is 0 Å². The van der Waals surface area contributed by atoms with Crippen LogP contribution in [0.1, 0.15) is 36.3 Å². The minimum Gasteiger partial charge on any atom is -0.392 e. The fourth-order valence-corrected chi connectivity index (χ4v) is 2.32. The molecule has 5 heteroatoms. The van der Waals surface area contributed by atoms with Gasteiger partial charge in [0.05, 0.1) is 11.7 Å². The molecule has 1 fully saturated rings. The third-order valence-corrected chi connectivity index (χ3v) is 3.21. The number of benzene rings is 1. The van der Waals surface area contributed by atoms with Gasteiger partial charge in [-0.2, -0.15) is 13.2 Å². The number of rotatable bonds is 1. The Morgan fingerprint density at radius 3 is 2.35 bits per heavy atom. The van der Waals surface area contributed by atoms with Crippen molar-refractivity contribution in [3.8, 4) is 0 Å². The van der Waals surface area contributed by atoms with Gasteiger partial charge in [-0.15, -0.1) is 0 Å². The van der Waals surface area contributed by atoms with Crippen molar-refractivity contribution in [2.45, 2.75) is 37.5 Å². The summed E-state index contributed by atoms with van der Waals surface area (Å²) >= 11 is 0. The minimum atomic E-state index is -4.67. The highest BCUT2D eigenvalue weighted by Gasteiger charge is 2.35. The van der Waals surface area contributed by atoms with Crippen molar-refractivity contribution in [2.24, 2.45) is 0 Å². The second-order valence-corrected chi connectivity index (χ2v) is 4.34. The second-order valence-electron chi connectivity index (χ2n) is 4.34. The largest absolute Gasteiger partial charge is 0.419 e. The monoisotopic (exact) mass is 248 g/mol. The van der Waals surface area contributed by atoms with E-state index < -0.39 is 23.7 Å². The zero-order valence-corrected chi connectivity index (χ0v) is 8.97. The predicted molar refractivity (Wildman–Crippen MR) is 54.0 cm³/mol. The van der Waals surface area contributed by atoms with Crippen LogP contribution < -0.4 is 0 Å². The van der Waals surface area contributed by atoms with Crippen molar-refractivity contribution in [2.75, 3.05) is 0 Å². The molecule has 0 aromatic heterocycles. The zero-order chi connectivity index (χ0) is 12.6. The lowest BCUT2D eigenvalue weighted by Gasteiger charge is -2.16. The zero-order valence-electron chi connectivity index (χ0n) is 8.97. The molecule has 1 N–H and O–H groups in total. The van der Waals surface area contributed by atoms with E-state index in [0.717, 1.165) is 18.6 Å². The number of halogens is 4. The minimum absolute atomic E-state index is 0.244. The summed E-state index contributed by atoms with van der Waals surface area (Å²) in [5.41, 5.74) is -0.811. The molecule has 0 radical (unpaired) electrons. The molecule has 1 nitrogen and oxygen atoms in total. The van der Waals surface area contributed by atoms with Crippen LogP contribution in [0.3, 0.4) is 0 Å². The van der Waals surface area contributed by atoms with Gasteiger partial charge >= 0.3 is 6.18 Å². The lowest BCUT2D eigenvalue weighted by atomic mass is 9.94. The normalized spacial score (nSPS) is 25.2. The first-order valence-corrected chi connectivity index (χ1v) is 5.44. The molecule has 2 atom stereocenters. The first kappa shape index (κ1) is 12.4. The number of aliphatic hydroxyl groups is 1. The van der Waals surface area contributed by atoms with E-state index in [9.17, 15) is 22.7 Å². The Balaban J connectivity index is 2.31. The van der Waals surface area contributed by atoms with Gasteiger partial charge in [-0.05, 0) is 30.5 Å². The quantitative estimate of drug-likeness (QED) is 0.754. The lowest BCUT2D eigenvalue weighted by molar-refractivity contribution is -0.140. The third kappa shape index (κ3) is 2.44. The molecular weight excluding hydrogens is 236 g/mol. The maximum Gasteiger partial charge on any atom is 0.419 e. The molecule has 1 aliphatic carbocycles. The van der Waals surface area contributed by atoms with Crippen LogP contribution in [0.15, 0.2) is 18.2 Å².